The molecule has 7 rings (SSSR count). The van der Waals surface area contributed by atoms with Crippen LogP contribution in [-0.2, 0) is 0 Å². The Kier molecular flexibility index (Phi) is 6.14. The number of hydrogen-bond donors (Lipinski definition) is 1. The van der Waals surface area contributed by atoms with Crippen LogP contribution in [0.5, 0.6) is 0 Å². The van der Waals surface area contributed by atoms with E-state index < -0.39 is 0 Å². The first kappa shape index (κ1) is 25.5. The van der Waals surface area contributed by atoms with Crippen LogP contribution >= 0.6 is 23.2 Å². The molecular weight excluding hydrogens is 553 g/mol. The molecule has 0 aliphatic carbocycles. The lowest BCUT2D eigenvalue weighted by atomic mass is 9.93. The zero-order valence-corrected chi connectivity index (χ0v) is 24.1. The van der Waals surface area contributed by atoms with E-state index in [9.17, 15) is 0 Å². The van der Waals surface area contributed by atoms with Gasteiger partial charge in [-0.3, -0.25) is 0 Å². The van der Waals surface area contributed by atoms with Crippen molar-refractivity contribution in [3.8, 4) is 5.82 Å². The summed E-state index contributed by atoms with van der Waals surface area (Å²) in [6.07, 6.45) is 1.75. The summed E-state index contributed by atoms with van der Waals surface area (Å²) in [5.74, 6) is 2.67. The lowest BCUT2D eigenvalue weighted by Gasteiger charge is -2.40. The van der Waals surface area contributed by atoms with Crippen LogP contribution in [0.2, 0.25) is 10.0 Å². The Morgan fingerprint density at radius 2 is 1.63 bits per heavy atom. The van der Waals surface area contributed by atoms with Gasteiger partial charge in [0.2, 0.25) is 0 Å². The molecule has 0 amide bonds. The number of halogens is 2. The van der Waals surface area contributed by atoms with Gasteiger partial charge in [-0.05, 0) is 86.0 Å². The van der Waals surface area contributed by atoms with Crippen molar-refractivity contribution in [2.75, 3.05) is 10.2 Å². The summed E-state index contributed by atoms with van der Waals surface area (Å²) >= 11 is 13.0. The fourth-order valence-electron chi connectivity index (χ4n) is 5.39. The second-order valence-electron chi connectivity index (χ2n) is 10.2. The van der Waals surface area contributed by atoms with E-state index in [1.54, 1.807) is 10.9 Å². The van der Waals surface area contributed by atoms with E-state index in [1.165, 1.54) is 11.1 Å². The third kappa shape index (κ3) is 4.29. The zero-order valence-electron chi connectivity index (χ0n) is 22.6. The van der Waals surface area contributed by atoms with E-state index in [0.29, 0.717) is 33.4 Å². The number of para-hydroxylation sites is 2. The van der Waals surface area contributed by atoms with Gasteiger partial charge in [0.15, 0.2) is 23.3 Å². The summed E-state index contributed by atoms with van der Waals surface area (Å²) in [5.41, 5.74) is 7.87. The van der Waals surface area contributed by atoms with Gasteiger partial charge in [-0.2, -0.15) is 9.78 Å². The Labute approximate surface area is 247 Å². The van der Waals surface area contributed by atoms with E-state index in [2.05, 4.69) is 53.3 Å². The van der Waals surface area contributed by atoms with Crippen molar-refractivity contribution in [2.24, 2.45) is 9.98 Å². The van der Waals surface area contributed by atoms with E-state index in [4.69, 9.17) is 38.3 Å². The normalized spacial score (nSPS) is 15.4. The van der Waals surface area contributed by atoms with Gasteiger partial charge in [-0.1, -0.05) is 53.5 Å². The largest absolute Gasteiger partial charge is 0.337 e. The monoisotopic (exact) mass is 577 g/mol. The minimum absolute atomic E-state index is 0.307. The molecule has 0 saturated heterocycles. The van der Waals surface area contributed by atoms with E-state index in [0.717, 1.165) is 33.9 Å². The maximum absolute atomic E-state index is 6.59. The Bertz CT molecular complexity index is 1890. The molecule has 0 unspecified atom stereocenters. The van der Waals surface area contributed by atoms with Gasteiger partial charge in [0.25, 0.3) is 0 Å². The number of benzene rings is 3. The minimum atomic E-state index is -0.307. The topological polar surface area (TPSA) is 70.7 Å². The van der Waals surface area contributed by atoms with Gasteiger partial charge >= 0.3 is 0 Å². The van der Waals surface area contributed by atoms with Crippen molar-refractivity contribution >= 4 is 57.8 Å². The second kappa shape index (κ2) is 9.87. The van der Waals surface area contributed by atoms with Crippen LogP contribution < -0.4 is 10.2 Å². The summed E-state index contributed by atoms with van der Waals surface area (Å²) in [6.45, 7) is 6.20. The van der Waals surface area contributed by atoms with Crippen LogP contribution in [0.15, 0.2) is 95.0 Å². The lowest BCUT2D eigenvalue weighted by molar-refractivity contribution is 0.810. The molecular formula is C32H25Cl2N7. The standard InChI is InChI=1S/C32H25Cl2N7/c1-18-11-13-22(16-19(18)2)36-30-32-38-31-28(20(3)39-41(31)27-10-6-7-15-35-27)29(21-12-14-23(33)24(34)17-21)40(32)26-9-5-4-8-25(26)37-30/h4-17,29H,1-3H3,(H,36,37)/t29-/m1/s1. The van der Waals surface area contributed by atoms with Gasteiger partial charge in [-0.25, -0.2) is 15.0 Å². The van der Waals surface area contributed by atoms with Crippen LogP contribution in [-0.4, -0.2) is 26.4 Å². The fraction of sp³-hybridized carbons (Fsp3) is 0.125. The number of aliphatic imine (C=N–C) groups is 2. The van der Waals surface area contributed by atoms with Gasteiger partial charge in [-0.15, -0.1) is 0 Å². The number of amidine groups is 2. The predicted octanol–water partition coefficient (Wildman–Crippen LogP) is 8.29. The van der Waals surface area contributed by atoms with Crippen molar-refractivity contribution in [3.05, 3.63) is 123 Å². The van der Waals surface area contributed by atoms with Crippen molar-refractivity contribution in [3.63, 3.8) is 0 Å². The molecule has 3 aromatic carbocycles. The van der Waals surface area contributed by atoms with Crippen LogP contribution in [0.4, 0.5) is 22.9 Å². The first-order chi connectivity index (χ1) is 19.9. The average molecular weight is 579 g/mol. The molecule has 1 atom stereocenters. The number of nitrogens with one attached hydrogen (secondary N) is 1. The van der Waals surface area contributed by atoms with E-state index in [-0.39, 0.29) is 6.04 Å². The molecule has 4 heterocycles. The summed E-state index contributed by atoms with van der Waals surface area (Å²) < 4.78 is 1.80. The number of aryl methyl sites for hydroxylation is 3. The molecule has 2 aliphatic heterocycles. The van der Waals surface area contributed by atoms with Crippen LogP contribution in [0.25, 0.3) is 5.82 Å². The first-order valence-corrected chi connectivity index (χ1v) is 14.0. The number of hydrogen-bond acceptors (Lipinski definition) is 6. The molecule has 2 aliphatic rings. The van der Waals surface area contributed by atoms with Gasteiger partial charge in [0.05, 0.1) is 33.2 Å². The summed E-state index contributed by atoms with van der Waals surface area (Å²) in [7, 11) is 0. The minimum Gasteiger partial charge on any atom is -0.337 e. The first-order valence-electron chi connectivity index (χ1n) is 13.2. The smallest absolute Gasteiger partial charge is 0.179 e. The lowest BCUT2D eigenvalue weighted by Crippen LogP contribution is -2.46. The summed E-state index contributed by atoms with van der Waals surface area (Å²) in [6, 6.07) is 25.6. The SMILES string of the molecule is Cc1ccc(NC2=Nc3ccccc3N3C2=Nc2c(c(C)nn2-c2ccccn2)[C@H]3c2ccc(Cl)c(Cl)c2)cc1C. The van der Waals surface area contributed by atoms with E-state index in [1.807, 2.05) is 61.5 Å². The quantitative estimate of drug-likeness (QED) is 0.234. The van der Waals surface area contributed by atoms with Crippen LogP contribution in [0, 0.1) is 20.8 Å². The maximum Gasteiger partial charge on any atom is 0.179 e. The number of rotatable bonds is 3. The van der Waals surface area contributed by atoms with Crippen LogP contribution in [0.1, 0.15) is 34.0 Å². The average Bonchev–Trinajstić information content (AvgIpc) is 3.32. The molecule has 0 spiro atoms. The van der Waals surface area contributed by atoms with Crippen molar-refractivity contribution in [2.45, 2.75) is 26.8 Å². The predicted molar refractivity (Wildman–Crippen MR) is 167 cm³/mol. The molecule has 202 valence electrons. The number of fused-ring (bicyclic) bond motifs is 4. The second-order valence-corrected chi connectivity index (χ2v) is 11.0. The number of nitrogens with zero attached hydrogens (tertiary/aromatic N) is 6. The van der Waals surface area contributed by atoms with Crippen molar-refractivity contribution < 1.29 is 0 Å². The van der Waals surface area contributed by atoms with Crippen molar-refractivity contribution in [1.29, 1.82) is 0 Å². The number of aromatic nitrogens is 3. The van der Waals surface area contributed by atoms with Gasteiger partial charge in [0.1, 0.15) is 0 Å². The molecule has 0 radical (unpaired) electrons. The van der Waals surface area contributed by atoms with Gasteiger partial charge in [0, 0.05) is 17.4 Å². The van der Waals surface area contributed by atoms with Crippen molar-refractivity contribution in [1.82, 2.24) is 14.8 Å². The highest BCUT2D eigenvalue weighted by Gasteiger charge is 2.41. The molecule has 5 aromatic rings. The zero-order chi connectivity index (χ0) is 28.2. The maximum atomic E-state index is 6.59. The van der Waals surface area contributed by atoms with Crippen LogP contribution in [0.3, 0.4) is 0 Å². The molecule has 2 aromatic heterocycles. The molecule has 41 heavy (non-hydrogen) atoms. The molecule has 0 bridgehead atoms. The molecule has 0 fully saturated rings. The Hall–Kier alpha value is -4.46. The summed E-state index contributed by atoms with van der Waals surface area (Å²) in [5, 5.41) is 9.47. The van der Waals surface area contributed by atoms with E-state index >= 15 is 0 Å². The Morgan fingerprint density at radius 1 is 0.805 bits per heavy atom. The number of anilines is 2. The molecule has 0 saturated carbocycles. The fourth-order valence-corrected chi connectivity index (χ4v) is 5.70. The summed E-state index contributed by atoms with van der Waals surface area (Å²) in [4.78, 5) is 17.1. The highest BCUT2D eigenvalue weighted by Crippen LogP contribution is 2.48. The molecule has 1 N–H and O–H groups in total. The molecule has 9 heteroatoms. The highest BCUT2D eigenvalue weighted by molar-refractivity contribution is 6.51. The Balaban J connectivity index is 1.50. The molecule has 7 nitrogen and oxygen atoms in total. The van der Waals surface area contributed by atoms with Gasteiger partial charge < -0.3 is 10.2 Å². The Morgan fingerprint density at radius 3 is 2.41 bits per heavy atom. The number of pyridine rings is 1. The third-order valence-corrected chi connectivity index (χ3v) is 8.27. The highest BCUT2D eigenvalue weighted by atomic mass is 35.5. The third-order valence-electron chi connectivity index (χ3n) is 7.53.